The maximum Gasteiger partial charge on any atom is 0.350 e. The number of methoxy groups -OCH3 is 1. The summed E-state index contributed by atoms with van der Waals surface area (Å²) in [5, 5.41) is 11.9. The summed E-state index contributed by atoms with van der Waals surface area (Å²) in [4.78, 5) is 50.3. The van der Waals surface area contributed by atoms with Crippen LogP contribution in [0.2, 0.25) is 0 Å². The number of pyridine rings is 1. The number of carbonyl (C=O) groups excluding carboxylic acids is 3. The number of fused-ring (bicyclic) bond motifs is 1. The number of imidazole rings is 1. The molecule has 1 unspecified atom stereocenters. The highest BCUT2D eigenvalue weighted by molar-refractivity contribution is 7.17. The Kier molecular flexibility index (Phi) is 8.13. The average molecular weight is 589 g/mol. The van der Waals surface area contributed by atoms with Crippen molar-refractivity contribution in [3.05, 3.63) is 81.3 Å². The van der Waals surface area contributed by atoms with E-state index in [1.807, 2.05) is 29.7 Å². The number of aryl methyl sites for hydroxylation is 3. The maximum absolute atomic E-state index is 13.7. The fourth-order valence-corrected chi connectivity index (χ4v) is 6.11. The van der Waals surface area contributed by atoms with Crippen molar-refractivity contribution in [3.63, 3.8) is 0 Å². The van der Waals surface area contributed by atoms with Crippen LogP contribution in [0.15, 0.2) is 48.2 Å². The number of thiazole rings is 1. The van der Waals surface area contributed by atoms with Gasteiger partial charge in [-0.1, -0.05) is 49.3 Å². The Morgan fingerprint density at radius 2 is 1.88 bits per heavy atom. The molecule has 1 amide bonds. The molecule has 4 heterocycles. The van der Waals surface area contributed by atoms with E-state index < -0.39 is 29.5 Å². The molecule has 1 N–H and O–H groups in total. The second kappa shape index (κ2) is 11.8. The molecule has 10 nitrogen and oxygen atoms in total. The number of hydrogen-bond acceptors (Lipinski definition) is 9. The number of esters is 1. The van der Waals surface area contributed by atoms with Crippen LogP contribution in [0.3, 0.4) is 0 Å². The molecule has 1 atom stereocenters. The van der Waals surface area contributed by atoms with E-state index in [2.05, 4.69) is 16.9 Å². The molecule has 1 fully saturated rings. The number of benzene rings is 1. The summed E-state index contributed by atoms with van der Waals surface area (Å²) in [7, 11) is 1.26. The fourth-order valence-electron chi connectivity index (χ4n) is 5.10. The van der Waals surface area contributed by atoms with E-state index in [1.54, 1.807) is 38.1 Å². The molecule has 4 aromatic rings. The number of hydrogen-bond donors (Lipinski definition) is 1. The second-order valence-electron chi connectivity index (χ2n) is 10.1. The number of nitrogens with zero attached hydrogens (tertiary/aromatic N) is 4. The number of carbonyl (C=O) groups is 3. The van der Waals surface area contributed by atoms with Gasteiger partial charge in [0.15, 0.2) is 10.9 Å². The first-order valence-electron chi connectivity index (χ1n) is 13.7. The number of unbranched alkanes of at least 4 members (excludes halogenated alkanes) is 2. The molecule has 0 radical (unpaired) electrons. The Balaban J connectivity index is 1.69. The molecule has 0 bridgehead atoms. The molecule has 0 spiro atoms. The highest BCUT2D eigenvalue weighted by atomic mass is 32.1. The van der Waals surface area contributed by atoms with Gasteiger partial charge in [0.25, 0.3) is 5.78 Å². The van der Waals surface area contributed by atoms with Gasteiger partial charge in [0.2, 0.25) is 0 Å². The number of ketones is 1. The zero-order valence-electron chi connectivity index (χ0n) is 24.1. The van der Waals surface area contributed by atoms with Crippen molar-refractivity contribution in [2.24, 2.45) is 0 Å². The van der Waals surface area contributed by atoms with Crippen molar-refractivity contribution in [1.82, 2.24) is 14.4 Å². The Morgan fingerprint density at radius 3 is 2.60 bits per heavy atom. The van der Waals surface area contributed by atoms with Gasteiger partial charge in [-0.3, -0.25) is 14.5 Å². The van der Waals surface area contributed by atoms with Crippen LogP contribution in [0.4, 0.5) is 5.13 Å². The fraction of sp³-hybridized carbons (Fsp3) is 0.323. The minimum absolute atomic E-state index is 0.125. The van der Waals surface area contributed by atoms with Crippen molar-refractivity contribution < 1.29 is 29.0 Å². The van der Waals surface area contributed by atoms with Gasteiger partial charge in [-0.15, -0.1) is 0 Å². The summed E-state index contributed by atoms with van der Waals surface area (Å²) in [5.74, 6) is -2.18. The lowest BCUT2D eigenvalue weighted by Gasteiger charge is -2.23. The predicted molar refractivity (Wildman–Crippen MR) is 159 cm³/mol. The standard InChI is InChI=1S/C31H32N4O6S/c1-6-7-8-15-41-21-13-9-12-20(16-21)24-22(25(36)23-19(4)34-14-10-11-17(2)28(34)33-23)26(37)29(38)35(24)31-32-18(3)27(42-31)30(39)40-5/h9-14,16,24,36H,6-8,15H2,1-5H3. The first-order chi connectivity index (χ1) is 20.2. The Labute approximate surface area is 247 Å². The third-order valence-electron chi connectivity index (χ3n) is 7.31. The summed E-state index contributed by atoms with van der Waals surface area (Å²) in [6.07, 6.45) is 4.80. The number of aromatic nitrogens is 3. The molecule has 5 rings (SSSR count). The van der Waals surface area contributed by atoms with Gasteiger partial charge in [0, 0.05) is 6.20 Å². The average Bonchev–Trinajstić information content (AvgIpc) is 3.62. The molecule has 3 aromatic heterocycles. The predicted octanol–water partition coefficient (Wildman–Crippen LogP) is 5.70. The molecule has 0 saturated carbocycles. The second-order valence-corrected chi connectivity index (χ2v) is 11.1. The van der Waals surface area contributed by atoms with Gasteiger partial charge in [-0.05, 0) is 56.5 Å². The van der Waals surface area contributed by atoms with Gasteiger partial charge in [0.05, 0.1) is 36.7 Å². The van der Waals surface area contributed by atoms with Crippen LogP contribution in [0, 0.1) is 20.8 Å². The molecular formula is C31H32N4O6S. The molecular weight excluding hydrogens is 556 g/mol. The van der Waals surface area contributed by atoms with Gasteiger partial charge in [0.1, 0.15) is 22.0 Å². The van der Waals surface area contributed by atoms with Crippen molar-refractivity contribution in [3.8, 4) is 5.75 Å². The molecule has 1 saturated heterocycles. The van der Waals surface area contributed by atoms with Crippen molar-refractivity contribution >= 4 is 45.5 Å². The highest BCUT2D eigenvalue weighted by Crippen LogP contribution is 2.44. The summed E-state index contributed by atoms with van der Waals surface area (Å²) >= 11 is 0.948. The van der Waals surface area contributed by atoms with Gasteiger partial charge >= 0.3 is 11.9 Å². The van der Waals surface area contributed by atoms with Crippen LogP contribution in [0.5, 0.6) is 5.75 Å². The number of aliphatic hydroxyl groups excluding tert-OH is 1. The van der Waals surface area contributed by atoms with Crippen LogP contribution in [0.25, 0.3) is 11.4 Å². The number of aliphatic hydroxyl groups is 1. The first-order valence-corrected chi connectivity index (χ1v) is 14.5. The van der Waals surface area contributed by atoms with Crippen molar-refractivity contribution in [1.29, 1.82) is 0 Å². The molecule has 218 valence electrons. The van der Waals surface area contributed by atoms with E-state index in [4.69, 9.17) is 9.47 Å². The Bertz CT molecular complexity index is 1740. The molecule has 42 heavy (non-hydrogen) atoms. The number of ether oxygens (including phenoxy) is 2. The zero-order valence-corrected chi connectivity index (χ0v) is 24.9. The van der Waals surface area contributed by atoms with Gasteiger partial charge in [-0.2, -0.15) is 0 Å². The minimum Gasteiger partial charge on any atom is -0.505 e. The highest BCUT2D eigenvalue weighted by Gasteiger charge is 2.49. The van der Waals surface area contributed by atoms with Gasteiger partial charge < -0.3 is 19.0 Å². The monoisotopic (exact) mass is 588 g/mol. The molecule has 0 aliphatic carbocycles. The van der Waals surface area contributed by atoms with E-state index in [0.29, 0.717) is 35.0 Å². The summed E-state index contributed by atoms with van der Waals surface area (Å²) in [5.41, 5.74) is 3.10. The molecule has 11 heteroatoms. The van der Waals surface area contributed by atoms with E-state index in [-0.39, 0.29) is 21.3 Å². The van der Waals surface area contributed by atoms with Crippen molar-refractivity contribution in [2.75, 3.05) is 18.6 Å². The van der Waals surface area contributed by atoms with Crippen LogP contribution in [-0.2, 0) is 14.3 Å². The molecule has 1 aliphatic heterocycles. The Morgan fingerprint density at radius 1 is 1.10 bits per heavy atom. The van der Waals surface area contributed by atoms with Crippen LogP contribution < -0.4 is 9.64 Å². The summed E-state index contributed by atoms with van der Waals surface area (Å²) in [6, 6.07) is 9.82. The number of rotatable bonds is 9. The van der Waals surface area contributed by atoms with Crippen molar-refractivity contribution in [2.45, 2.75) is 53.0 Å². The number of Topliss-reactive ketones (excluding diaryl/α,β-unsaturated/α-hetero) is 1. The van der Waals surface area contributed by atoms with E-state index in [0.717, 1.165) is 36.2 Å². The third-order valence-corrected chi connectivity index (χ3v) is 8.44. The lowest BCUT2D eigenvalue weighted by Crippen LogP contribution is -2.29. The quantitative estimate of drug-likeness (QED) is 0.0869. The molecule has 1 aromatic carbocycles. The minimum atomic E-state index is -1.05. The van der Waals surface area contributed by atoms with E-state index >= 15 is 0 Å². The van der Waals surface area contributed by atoms with Gasteiger partial charge in [-0.25, -0.2) is 14.8 Å². The summed E-state index contributed by atoms with van der Waals surface area (Å²) < 4.78 is 12.7. The Hall–Kier alpha value is -4.51. The largest absolute Gasteiger partial charge is 0.505 e. The normalized spacial score (nSPS) is 16.4. The lowest BCUT2D eigenvalue weighted by atomic mass is 9.96. The van der Waals surface area contributed by atoms with Crippen LogP contribution in [-0.4, -0.2) is 50.9 Å². The number of anilines is 1. The first kappa shape index (κ1) is 29.0. The smallest absolute Gasteiger partial charge is 0.350 e. The van der Waals surface area contributed by atoms with E-state index in [1.165, 1.54) is 12.0 Å². The topological polar surface area (TPSA) is 123 Å². The third kappa shape index (κ3) is 5.04. The van der Waals surface area contributed by atoms with E-state index in [9.17, 15) is 19.5 Å². The number of amides is 1. The molecule has 1 aliphatic rings. The lowest BCUT2D eigenvalue weighted by molar-refractivity contribution is -0.132. The maximum atomic E-state index is 13.7. The zero-order chi connectivity index (χ0) is 30.1. The van der Waals surface area contributed by atoms with Crippen LogP contribution >= 0.6 is 11.3 Å². The van der Waals surface area contributed by atoms with Crippen LogP contribution in [0.1, 0.15) is 70.1 Å². The SMILES string of the molecule is CCCCCOc1cccc(C2C(=C(O)c3nc4c(C)cccn4c3C)C(=O)C(=O)N2c2nc(C)c(C(=O)OC)s2)c1. The summed E-state index contributed by atoms with van der Waals surface area (Å²) in [6.45, 7) is 7.95.